The van der Waals surface area contributed by atoms with Crippen LogP contribution >= 0.6 is 0 Å². The molecular formula is C41H60N6O2. The van der Waals surface area contributed by atoms with Gasteiger partial charge >= 0.3 is 0 Å². The quantitative estimate of drug-likeness (QED) is 0.0888. The van der Waals surface area contributed by atoms with Gasteiger partial charge < -0.3 is 14.0 Å². The number of nitriles is 1. The Labute approximate surface area is 296 Å². The van der Waals surface area contributed by atoms with Gasteiger partial charge in [-0.2, -0.15) is 10.4 Å². The van der Waals surface area contributed by atoms with E-state index in [-0.39, 0.29) is 0 Å². The SMILES string of the molecule is CCCCC(CC)COc1cc(/N=N/c2cccn2CC(CC)CCCC)c(OCC(CC)CCCC)cc1/N=N/c1ccc(C#N)cc1. The molecule has 3 aromatic rings. The maximum Gasteiger partial charge on any atom is 0.155 e. The van der Waals surface area contributed by atoms with E-state index in [9.17, 15) is 5.26 Å². The number of benzene rings is 2. The molecule has 0 N–H and O–H groups in total. The van der Waals surface area contributed by atoms with Gasteiger partial charge in [0.15, 0.2) is 5.82 Å². The number of unbranched alkanes of at least 4 members (excludes halogenated alkanes) is 3. The van der Waals surface area contributed by atoms with Crippen molar-refractivity contribution >= 4 is 22.9 Å². The number of rotatable bonds is 24. The van der Waals surface area contributed by atoms with Crippen LogP contribution in [0.2, 0.25) is 0 Å². The van der Waals surface area contributed by atoms with Gasteiger partial charge in [-0.25, -0.2) is 0 Å². The molecule has 1 aromatic heterocycles. The van der Waals surface area contributed by atoms with Crippen molar-refractivity contribution < 1.29 is 9.47 Å². The van der Waals surface area contributed by atoms with Crippen LogP contribution in [0.3, 0.4) is 0 Å². The number of nitrogens with zero attached hydrogens (tertiary/aromatic N) is 6. The van der Waals surface area contributed by atoms with Crippen LogP contribution in [0, 0.1) is 29.1 Å². The number of aromatic nitrogens is 1. The third kappa shape index (κ3) is 13.4. The summed E-state index contributed by atoms with van der Waals surface area (Å²) in [5.74, 6) is 3.54. The highest BCUT2D eigenvalue weighted by atomic mass is 16.5. The molecule has 0 saturated heterocycles. The van der Waals surface area contributed by atoms with E-state index >= 15 is 0 Å². The molecule has 49 heavy (non-hydrogen) atoms. The van der Waals surface area contributed by atoms with E-state index in [1.807, 2.05) is 24.3 Å². The summed E-state index contributed by atoms with van der Waals surface area (Å²) < 4.78 is 15.3. The van der Waals surface area contributed by atoms with Crippen LogP contribution in [0.5, 0.6) is 11.5 Å². The summed E-state index contributed by atoms with van der Waals surface area (Å²) >= 11 is 0. The number of ether oxygens (including phenoxy) is 2. The van der Waals surface area contributed by atoms with Gasteiger partial charge in [0.25, 0.3) is 0 Å². The van der Waals surface area contributed by atoms with Crippen LogP contribution in [-0.2, 0) is 6.54 Å². The summed E-state index contributed by atoms with van der Waals surface area (Å²) in [7, 11) is 0. The highest BCUT2D eigenvalue weighted by Gasteiger charge is 2.17. The summed E-state index contributed by atoms with van der Waals surface area (Å²) in [5, 5.41) is 27.9. The summed E-state index contributed by atoms with van der Waals surface area (Å²) in [4.78, 5) is 0. The Bertz CT molecular complexity index is 1460. The van der Waals surface area contributed by atoms with Crippen molar-refractivity contribution in [3.8, 4) is 17.6 Å². The molecule has 0 fully saturated rings. The lowest BCUT2D eigenvalue weighted by Crippen LogP contribution is -2.12. The molecule has 3 rings (SSSR count). The fourth-order valence-electron chi connectivity index (χ4n) is 5.80. The van der Waals surface area contributed by atoms with Crippen molar-refractivity contribution in [2.75, 3.05) is 13.2 Å². The van der Waals surface area contributed by atoms with Gasteiger partial charge in [-0.05, 0) is 73.4 Å². The molecule has 0 radical (unpaired) electrons. The molecule has 2 aromatic carbocycles. The maximum atomic E-state index is 9.21. The van der Waals surface area contributed by atoms with Crippen LogP contribution in [0.1, 0.15) is 124 Å². The van der Waals surface area contributed by atoms with Gasteiger partial charge in [0.05, 0.1) is 30.5 Å². The lowest BCUT2D eigenvalue weighted by molar-refractivity contribution is 0.229. The summed E-state index contributed by atoms with van der Waals surface area (Å²) in [6.07, 6.45) is 15.9. The van der Waals surface area contributed by atoms with Crippen molar-refractivity contribution in [3.05, 3.63) is 60.3 Å². The third-order valence-corrected chi connectivity index (χ3v) is 9.41. The topological polar surface area (TPSA) is 96.6 Å². The first-order valence-corrected chi connectivity index (χ1v) is 18.9. The molecule has 0 spiro atoms. The summed E-state index contributed by atoms with van der Waals surface area (Å²) in [5.41, 5.74) is 2.43. The number of hydrogen-bond acceptors (Lipinski definition) is 7. The number of hydrogen-bond donors (Lipinski definition) is 0. The molecule has 8 nitrogen and oxygen atoms in total. The second-order valence-corrected chi connectivity index (χ2v) is 13.2. The van der Waals surface area contributed by atoms with Gasteiger partial charge in [0, 0.05) is 24.9 Å². The molecule has 0 saturated carbocycles. The average Bonchev–Trinajstić information content (AvgIpc) is 3.58. The first-order valence-electron chi connectivity index (χ1n) is 18.9. The normalized spacial score (nSPS) is 13.5. The third-order valence-electron chi connectivity index (χ3n) is 9.41. The lowest BCUT2D eigenvalue weighted by atomic mass is 9.99. The predicted molar refractivity (Wildman–Crippen MR) is 201 cm³/mol. The Morgan fingerprint density at radius 1 is 0.653 bits per heavy atom. The largest absolute Gasteiger partial charge is 0.491 e. The molecule has 266 valence electrons. The molecular weight excluding hydrogens is 608 g/mol. The fourth-order valence-corrected chi connectivity index (χ4v) is 5.80. The highest BCUT2D eigenvalue weighted by Crippen LogP contribution is 2.42. The van der Waals surface area contributed by atoms with E-state index in [2.05, 4.69) is 68.6 Å². The molecule has 0 aliphatic carbocycles. The van der Waals surface area contributed by atoms with Crippen molar-refractivity contribution in [1.29, 1.82) is 5.26 Å². The molecule has 0 bridgehead atoms. The minimum Gasteiger partial charge on any atom is -0.491 e. The van der Waals surface area contributed by atoms with E-state index in [1.165, 1.54) is 32.1 Å². The first kappa shape index (κ1) is 39.4. The highest BCUT2D eigenvalue weighted by molar-refractivity contribution is 5.66. The van der Waals surface area contributed by atoms with Crippen molar-refractivity contribution in [3.63, 3.8) is 0 Å². The van der Waals surface area contributed by atoms with Gasteiger partial charge in [-0.1, -0.05) is 99.3 Å². The second kappa shape index (κ2) is 22.6. The minimum atomic E-state index is 0.440. The Morgan fingerprint density at radius 2 is 1.16 bits per heavy atom. The van der Waals surface area contributed by atoms with Gasteiger partial charge in [0.1, 0.15) is 22.9 Å². The minimum absolute atomic E-state index is 0.440. The average molecular weight is 669 g/mol. The van der Waals surface area contributed by atoms with E-state index in [4.69, 9.17) is 19.7 Å². The van der Waals surface area contributed by atoms with Crippen molar-refractivity contribution in [2.24, 2.45) is 38.2 Å². The zero-order chi connectivity index (χ0) is 35.3. The zero-order valence-corrected chi connectivity index (χ0v) is 31.0. The van der Waals surface area contributed by atoms with E-state index in [1.54, 1.807) is 24.3 Å². The monoisotopic (exact) mass is 668 g/mol. The molecule has 0 aliphatic rings. The molecule has 3 atom stereocenters. The molecule has 3 unspecified atom stereocenters. The Hall–Kier alpha value is -3.99. The van der Waals surface area contributed by atoms with Crippen LogP contribution < -0.4 is 9.47 Å². The predicted octanol–water partition coefficient (Wildman–Crippen LogP) is 13.6. The van der Waals surface area contributed by atoms with Gasteiger partial charge in [-0.3, -0.25) is 0 Å². The standard InChI is InChI=1S/C41H60N6O2/c1-7-13-17-32(10-4)29-47-25-16-20-41(47)46-45-38-27-39(48-30-33(11-5)18-14-8-2)37(44-43-36-23-21-35(28-42)22-24-36)26-40(38)49-31-34(12-6)19-15-9-3/h16,20-27,32-34H,7-15,17-19,29-31H2,1-6H3/b44-43+,46-45+. The Balaban J connectivity index is 2.03. The fraction of sp³-hybridized carbons (Fsp3) is 0.585. The Morgan fingerprint density at radius 3 is 1.65 bits per heavy atom. The van der Waals surface area contributed by atoms with E-state index < -0.39 is 0 Å². The smallest absolute Gasteiger partial charge is 0.155 e. The van der Waals surface area contributed by atoms with E-state index in [0.717, 1.165) is 57.3 Å². The van der Waals surface area contributed by atoms with Crippen LogP contribution in [0.4, 0.5) is 22.9 Å². The second-order valence-electron chi connectivity index (χ2n) is 13.2. The van der Waals surface area contributed by atoms with E-state index in [0.29, 0.717) is 65.1 Å². The first-order chi connectivity index (χ1) is 24.0. The molecule has 0 aliphatic heterocycles. The van der Waals surface area contributed by atoms with Crippen LogP contribution in [-0.4, -0.2) is 17.8 Å². The van der Waals surface area contributed by atoms with Crippen molar-refractivity contribution in [1.82, 2.24) is 4.57 Å². The maximum absolute atomic E-state index is 9.21. The van der Waals surface area contributed by atoms with Crippen LogP contribution in [0.15, 0.2) is 75.2 Å². The van der Waals surface area contributed by atoms with Gasteiger partial charge in [0.2, 0.25) is 0 Å². The molecule has 1 heterocycles. The summed E-state index contributed by atoms with van der Waals surface area (Å²) in [6, 6.07) is 17.1. The van der Waals surface area contributed by atoms with Crippen molar-refractivity contribution in [2.45, 2.75) is 125 Å². The zero-order valence-electron chi connectivity index (χ0n) is 31.0. The number of azo groups is 2. The Kier molecular flexibility index (Phi) is 18.2. The summed E-state index contributed by atoms with van der Waals surface area (Å²) in [6.45, 7) is 15.5. The van der Waals surface area contributed by atoms with Crippen LogP contribution in [0.25, 0.3) is 0 Å². The van der Waals surface area contributed by atoms with Gasteiger partial charge in [-0.15, -0.1) is 15.3 Å². The molecule has 8 heteroatoms. The molecule has 0 amide bonds. The lowest BCUT2D eigenvalue weighted by Gasteiger charge is -2.19.